The fourth-order valence-electron chi connectivity index (χ4n) is 2.69. The van der Waals surface area contributed by atoms with Crippen molar-refractivity contribution in [1.29, 1.82) is 0 Å². The van der Waals surface area contributed by atoms with Gasteiger partial charge in [-0.2, -0.15) is 4.68 Å². The van der Waals surface area contributed by atoms with Crippen molar-refractivity contribution >= 4 is 16.8 Å². The third-order valence-electron chi connectivity index (χ3n) is 4.25. The fraction of sp³-hybridized carbons (Fsp3) is 0.263. The van der Waals surface area contributed by atoms with Crippen molar-refractivity contribution in [2.75, 3.05) is 14.2 Å². The summed E-state index contributed by atoms with van der Waals surface area (Å²) in [5.74, 6) is 0.851. The summed E-state index contributed by atoms with van der Waals surface area (Å²) in [7, 11) is 3.11. The minimum atomic E-state index is -0.797. The van der Waals surface area contributed by atoms with Crippen LogP contribution in [0.4, 0.5) is 0 Å². The number of rotatable bonds is 6. The predicted molar refractivity (Wildman–Crippen MR) is 99.9 cm³/mol. The molecule has 0 bridgehead atoms. The zero-order valence-corrected chi connectivity index (χ0v) is 15.3. The lowest BCUT2D eigenvalue weighted by Crippen LogP contribution is -2.37. The maximum absolute atomic E-state index is 12.6. The van der Waals surface area contributed by atoms with E-state index in [0.717, 1.165) is 10.2 Å². The van der Waals surface area contributed by atoms with Crippen molar-refractivity contribution in [3.05, 3.63) is 58.4 Å². The monoisotopic (exact) mass is 368 g/mol. The van der Waals surface area contributed by atoms with E-state index in [1.165, 1.54) is 0 Å². The molecule has 1 N–H and O–H groups in total. The third kappa shape index (κ3) is 3.74. The van der Waals surface area contributed by atoms with Gasteiger partial charge < -0.3 is 14.8 Å². The number of hydrogen-bond acceptors (Lipinski definition) is 6. The van der Waals surface area contributed by atoms with Gasteiger partial charge in [0.05, 0.1) is 19.6 Å². The van der Waals surface area contributed by atoms with Gasteiger partial charge in [0.25, 0.3) is 5.56 Å². The standard InChI is InChI=1S/C19H20N4O4/c1-12(23-19(25)14-6-4-5-7-15(14)21-22-23)18(24)20-11-13-8-9-16(26-2)17(10-13)27-3/h4-10,12H,11H2,1-3H3,(H,20,24). The van der Waals surface area contributed by atoms with Crippen molar-refractivity contribution < 1.29 is 14.3 Å². The highest BCUT2D eigenvalue weighted by molar-refractivity contribution is 5.81. The highest BCUT2D eigenvalue weighted by atomic mass is 16.5. The quantitative estimate of drug-likeness (QED) is 0.711. The lowest BCUT2D eigenvalue weighted by molar-refractivity contribution is -0.124. The Bertz CT molecular complexity index is 1030. The topological polar surface area (TPSA) is 95.3 Å². The van der Waals surface area contributed by atoms with Gasteiger partial charge in [-0.25, -0.2) is 0 Å². The first-order valence-corrected chi connectivity index (χ1v) is 8.38. The Morgan fingerprint density at radius 1 is 1.15 bits per heavy atom. The molecule has 0 fully saturated rings. The van der Waals surface area contributed by atoms with Gasteiger partial charge in [0.1, 0.15) is 11.6 Å². The van der Waals surface area contributed by atoms with Crippen LogP contribution in [0.15, 0.2) is 47.3 Å². The lowest BCUT2D eigenvalue weighted by Gasteiger charge is -2.14. The smallest absolute Gasteiger partial charge is 0.278 e. The number of nitrogens with one attached hydrogen (secondary N) is 1. The number of ether oxygens (including phenoxy) is 2. The maximum atomic E-state index is 12.6. The van der Waals surface area contributed by atoms with Crippen LogP contribution in [0.25, 0.3) is 10.9 Å². The van der Waals surface area contributed by atoms with Crippen LogP contribution in [0, 0.1) is 0 Å². The number of fused-ring (bicyclic) bond motifs is 1. The Balaban J connectivity index is 1.75. The van der Waals surface area contributed by atoms with E-state index in [1.807, 2.05) is 6.07 Å². The molecule has 8 heteroatoms. The molecule has 0 saturated heterocycles. The first kappa shape index (κ1) is 18.4. The van der Waals surface area contributed by atoms with E-state index in [1.54, 1.807) is 57.5 Å². The average Bonchev–Trinajstić information content (AvgIpc) is 2.71. The molecule has 3 rings (SSSR count). The summed E-state index contributed by atoms with van der Waals surface area (Å²) in [6.07, 6.45) is 0. The lowest BCUT2D eigenvalue weighted by atomic mass is 10.2. The minimum Gasteiger partial charge on any atom is -0.493 e. The third-order valence-corrected chi connectivity index (χ3v) is 4.25. The second kappa shape index (κ2) is 7.86. The molecule has 1 heterocycles. The number of carbonyl (C=O) groups excluding carboxylic acids is 1. The van der Waals surface area contributed by atoms with Gasteiger partial charge in [0.15, 0.2) is 11.5 Å². The molecule has 8 nitrogen and oxygen atoms in total. The Morgan fingerprint density at radius 2 is 1.89 bits per heavy atom. The number of hydrogen-bond donors (Lipinski definition) is 1. The number of aromatic nitrogens is 3. The number of nitrogens with zero attached hydrogens (tertiary/aromatic N) is 3. The molecule has 2 aromatic carbocycles. The molecule has 0 spiro atoms. The van der Waals surface area contributed by atoms with Crippen LogP contribution in [0.5, 0.6) is 11.5 Å². The van der Waals surface area contributed by atoms with Crippen molar-refractivity contribution in [2.24, 2.45) is 0 Å². The highest BCUT2D eigenvalue weighted by Gasteiger charge is 2.19. The molecule has 1 atom stereocenters. The number of amides is 1. The van der Waals surface area contributed by atoms with E-state index in [0.29, 0.717) is 22.4 Å². The molecule has 1 amide bonds. The summed E-state index contributed by atoms with van der Waals surface area (Å²) in [5, 5.41) is 11.1. The van der Waals surface area contributed by atoms with Crippen LogP contribution in [-0.4, -0.2) is 35.1 Å². The molecule has 0 aliphatic carbocycles. The molecular weight excluding hydrogens is 348 g/mol. The second-order valence-corrected chi connectivity index (χ2v) is 5.94. The fourth-order valence-corrected chi connectivity index (χ4v) is 2.69. The molecule has 1 unspecified atom stereocenters. The molecular formula is C19H20N4O4. The summed E-state index contributed by atoms with van der Waals surface area (Å²) >= 11 is 0. The van der Waals surface area contributed by atoms with Crippen molar-refractivity contribution in [3.63, 3.8) is 0 Å². The first-order valence-electron chi connectivity index (χ1n) is 8.38. The van der Waals surface area contributed by atoms with E-state index < -0.39 is 6.04 Å². The minimum absolute atomic E-state index is 0.277. The van der Waals surface area contributed by atoms with E-state index in [2.05, 4.69) is 15.6 Å². The molecule has 0 saturated carbocycles. The van der Waals surface area contributed by atoms with E-state index >= 15 is 0 Å². The SMILES string of the molecule is COc1ccc(CNC(=O)C(C)n2nnc3ccccc3c2=O)cc1OC. The molecule has 3 aromatic rings. The van der Waals surface area contributed by atoms with Gasteiger partial charge in [-0.1, -0.05) is 23.4 Å². The Morgan fingerprint density at radius 3 is 2.63 bits per heavy atom. The average molecular weight is 368 g/mol. The van der Waals surface area contributed by atoms with Gasteiger partial charge in [0.2, 0.25) is 5.91 Å². The predicted octanol–water partition coefficient (Wildman–Crippen LogP) is 1.69. The van der Waals surface area contributed by atoms with Gasteiger partial charge >= 0.3 is 0 Å². The Hall–Kier alpha value is -3.42. The van der Waals surface area contributed by atoms with Crippen molar-refractivity contribution in [1.82, 2.24) is 20.3 Å². The zero-order valence-electron chi connectivity index (χ0n) is 15.3. The number of methoxy groups -OCH3 is 2. The van der Waals surface area contributed by atoms with Crippen LogP contribution < -0.4 is 20.3 Å². The van der Waals surface area contributed by atoms with Gasteiger partial charge in [-0.3, -0.25) is 9.59 Å². The molecule has 27 heavy (non-hydrogen) atoms. The summed E-state index contributed by atoms with van der Waals surface area (Å²) in [6.45, 7) is 1.88. The Kier molecular flexibility index (Phi) is 5.35. The number of carbonyl (C=O) groups is 1. The van der Waals surface area contributed by atoms with Gasteiger partial charge in [-0.15, -0.1) is 5.10 Å². The maximum Gasteiger partial charge on any atom is 0.278 e. The van der Waals surface area contributed by atoms with E-state index in [9.17, 15) is 9.59 Å². The first-order chi connectivity index (χ1) is 13.0. The summed E-state index contributed by atoms with van der Waals surface area (Å²) in [4.78, 5) is 25.0. The summed E-state index contributed by atoms with van der Waals surface area (Å²) in [5.41, 5.74) is 0.983. The largest absolute Gasteiger partial charge is 0.493 e. The highest BCUT2D eigenvalue weighted by Crippen LogP contribution is 2.27. The van der Waals surface area contributed by atoms with Crippen molar-refractivity contribution in [2.45, 2.75) is 19.5 Å². The summed E-state index contributed by atoms with van der Waals surface area (Å²) < 4.78 is 11.5. The zero-order chi connectivity index (χ0) is 19.4. The molecule has 0 radical (unpaired) electrons. The van der Waals surface area contributed by atoms with E-state index in [4.69, 9.17) is 9.47 Å². The van der Waals surface area contributed by atoms with Crippen LogP contribution in [0.1, 0.15) is 18.5 Å². The summed E-state index contributed by atoms with van der Waals surface area (Å²) in [6, 6.07) is 11.5. The molecule has 0 aliphatic rings. The van der Waals surface area contributed by atoms with Crippen LogP contribution in [-0.2, 0) is 11.3 Å². The van der Waals surface area contributed by atoms with Crippen LogP contribution in [0.2, 0.25) is 0 Å². The van der Waals surface area contributed by atoms with Gasteiger partial charge in [0, 0.05) is 6.54 Å². The van der Waals surface area contributed by atoms with Gasteiger partial charge in [-0.05, 0) is 36.8 Å². The normalized spacial score (nSPS) is 11.8. The van der Waals surface area contributed by atoms with Crippen LogP contribution >= 0.6 is 0 Å². The second-order valence-electron chi connectivity index (χ2n) is 5.94. The number of benzene rings is 2. The van der Waals surface area contributed by atoms with Crippen molar-refractivity contribution in [3.8, 4) is 11.5 Å². The molecule has 1 aromatic heterocycles. The molecule has 0 aliphatic heterocycles. The molecule has 140 valence electrons. The van der Waals surface area contributed by atoms with E-state index in [-0.39, 0.29) is 18.0 Å². The van der Waals surface area contributed by atoms with Crippen LogP contribution in [0.3, 0.4) is 0 Å². The Labute approximate surface area is 155 Å².